The zero-order valence-corrected chi connectivity index (χ0v) is 13.0. The van der Waals surface area contributed by atoms with Gasteiger partial charge in [0, 0.05) is 16.3 Å². The highest BCUT2D eigenvalue weighted by Crippen LogP contribution is 2.40. The second-order valence-corrected chi connectivity index (χ2v) is 5.28. The van der Waals surface area contributed by atoms with Crippen molar-refractivity contribution in [3.05, 3.63) is 56.9 Å². The minimum absolute atomic E-state index is 0.181. The molecule has 1 aromatic carbocycles. The number of ether oxygens (including phenoxy) is 1. The van der Waals surface area contributed by atoms with E-state index in [-0.39, 0.29) is 10.7 Å². The van der Waals surface area contributed by atoms with Crippen LogP contribution in [0.1, 0.15) is 18.4 Å². The van der Waals surface area contributed by atoms with Gasteiger partial charge in [0.25, 0.3) is 0 Å². The number of carbonyl (C=O) groups is 2. The number of nitrogens with one attached hydrogen (secondary N) is 1. The molecule has 6 heteroatoms. The molecule has 0 aliphatic carbocycles. The van der Waals surface area contributed by atoms with E-state index in [0.29, 0.717) is 28.1 Å². The van der Waals surface area contributed by atoms with Crippen molar-refractivity contribution >= 4 is 35.5 Å². The molecule has 0 fully saturated rings. The molecule has 2 rings (SSSR count). The lowest BCUT2D eigenvalue weighted by atomic mass is 9.82. The average molecular weight is 326 g/mol. The van der Waals surface area contributed by atoms with E-state index in [4.69, 9.17) is 27.9 Å². The van der Waals surface area contributed by atoms with Crippen LogP contribution in [0.2, 0.25) is 5.02 Å². The first-order chi connectivity index (χ1) is 10.0. The fourth-order valence-corrected chi connectivity index (χ4v) is 2.88. The maximum atomic E-state index is 12.1. The Bertz CT molecular complexity index is 665. The van der Waals surface area contributed by atoms with Crippen molar-refractivity contribution in [3.8, 4) is 0 Å². The number of hydrogen-bond acceptors (Lipinski definition) is 4. The van der Waals surface area contributed by atoms with Gasteiger partial charge in [0.15, 0.2) is 0 Å². The highest BCUT2D eigenvalue weighted by atomic mass is 35.5. The van der Waals surface area contributed by atoms with E-state index in [9.17, 15) is 9.59 Å². The van der Waals surface area contributed by atoms with E-state index in [1.54, 1.807) is 31.2 Å². The van der Waals surface area contributed by atoms with Crippen LogP contribution in [-0.4, -0.2) is 19.4 Å². The van der Waals surface area contributed by atoms with Crippen molar-refractivity contribution in [2.75, 3.05) is 7.11 Å². The molecule has 1 unspecified atom stereocenters. The molecule has 0 spiro atoms. The number of benzene rings is 1. The van der Waals surface area contributed by atoms with E-state index < -0.39 is 11.9 Å². The molecule has 1 aliphatic heterocycles. The molecule has 0 saturated heterocycles. The minimum Gasteiger partial charge on any atom is -0.466 e. The van der Waals surface area contributed by atoms with Crippen molar-refractivity contribution < 1.29 is 14.3 Å². The Labute approximate surface area is 132 Å². The van der Waals surface area contributed by atoms with Crippen LogP contribution < -0.4 is 5.32 Å². The summed E-state index contributed by atoms with van der Waals surface area (Å²) < 4.78 is 4.82. The van der Waals surface area contributed by atoms with Crippen LogP contribution in [0.5, 0.6) is 0 Å². The number of halogens is 2. The van der Waals surface area contributed by atoms with E-state index in [1.165, 1.54) is 7.11 Å². The van der Waals surface area contributed by atoms with Gasteiger partial charge in [-0.2, -0.15) is 0 Å². The third kappa shape index (κ3) is 2.82. The molecular weight excluding hydrogens is 313 g/mol. The van der Waals surface area contributed by atoms with E-state index in [2.05, 4.69) is 5.32 Å². The molecule has 1 atom stereocenters. The van der Waals surface area contributed by atoms with Gasteiger partial charge < -0.3 is 10.1 Å². The lowest BCUT2D eigenvalue weighted by Crippen LogP contribution is -2.28. The van der Waals surface area contributed by atoms with Crippen molar-refractivity contribution in [3.63, 3.8) is 0 Å². The number of methoxy groups -OCH3 is 1. The minimum atomic E-state index is -0.655. The monoisotopic (exact) mass is 325 g/mol. The van der Waals surface area contributed by atoms with Gasteiger partial charge >= 0.3 is 5.97 Å². The number of rotatable bonds is 3. The van der Waals surface area contributed by atoms with Gasteiger partial charge in [0.1, 0.15) is 11.4 Å². The summed E-state index contributed by atoms with van der Waals surface area (Å²) in [5.74, 6) is -1.19. The summed E-state index contributed by atoms with van der Waals surface area (Å²) in [7, 11) is 1.28. The molecule has 0 amide bonds. The second-order valence-electron chi connectivity index (χ2n) is 4.50. The maximum Gasteiger partial charge on any atom is 0.336 e. The van der Waals surface area contributed by atoms with Crippen LogP contribution in [0, 0.1) is 0 Å². The number of aldehydes is 1. The normalized spacial score (nSPS) is 18.4. The van der Waals surface area contributed by atoms with Crippen LogP contribution >= 0.6 is 23.2 Å². The van der Waals surface area contributed by atoms with Crippen LogP contribution in [0.3, 0.4) is 0 Å². The van der Waals surface area contributed by atoms with Crippen molar-refractivity contribution in [1.29, 1.82) is 0 Å². The standard InChI is InChI=1S/C15H13Cl2NO3/c1-8-12(15(20)21-2)13(10(7-19)14(17)18-8)9-5-3-4-6-11(9)16/h3-7,13,18H,1-2H3. The van der Waals surface area contributed by atoms with Crippen molar-refractivity contribution in [1.82, 2.24) is 5.32 Å². The highest BCUT2D eigenvalue weighted by Gasteiger charge is 2.35. The second kappa shape index (κ2) is 6.33. The van der Waals surface area contributed by atoms with Gasteiger partial charge in [-0.05, 0) is 18.6 Å². The summed E-state index contributed by atoms with van der Waals surface area (Å²) in [5, 5.41) is 3.44. The van der Waals surface area contributed by atoms with E-state index in [1.807, 2.05) is 0 Å². The largest absolute Gasteiger partial charge is 0.466 e. The molecule has 1 aromatic rings. The van der Waals surface area contributed by atoms with E-state index >= 15 is 0 Å². The molecule has 21 heavy (non-hydrogen) atoms. The number of carbonyl (C=O) groups excluding carboxylic acids is 2. The Morgan fingerprint density at radius 1 is 1.33 bits per heavy atom. The lowest BCUT2D eigenvalue weighted by molar-refractivity contribution is -0.136. The topological polar surface area (TPSA) is 55.4 Å². The van der Waals surface area contributed by atoms with Crippen molar-refractivity contribution in [2.45, 2.75) is 12.8 Å². The van der Waals surface area contributed by atoms with Crippen LogP contribution in [-0.2, 0) is 14.3 Å². The number of dihydropyridines is 1. The molecule has 110 valence electrons. The fraction of sp³-hybridized carbons (Fsp3) is 0.200. The Hall–Kier alpha value is -1.78. The SMILES string of the molecule is COC(=O)C1=C(C)NC(Cl)=C(C=O)C1c1ccccc1Cl. The molecule has 1 heterocycles. The summed E-state index contributed by atoms with van der Waals surface area (Å²) >= 11 is 12.3. The molecule has 4 nitrogen and oxygen atoms in total. The molecular formula is C15H13Cl2NO3. The summed E-state index contributed by atoms with van der Waals surface area (Å²) in [6, 6.07) is 7.00. The van der Waals surface area contributed by atoms with Crippen LogP contribution in [0.25, 0.3) is 0 Å². The van der Waals surface area contributed by atoms with Gasteiger partial charge in [0.2, 0.25) is 0 Å². The Morgan fingerprint density at radius 2 is 2.00 bits per heavy atom. The zero-order valence-electron chi connectivity index (χ0n) is 11.4. The van der Waals surface area contributed by atoms with Crippen molar-refractivity contribution in [2.24, 2.45) is 0 Å². The predicted molar refractivity (Wildman–Crippen MR) is 81.0 cm³/mol. The number of allylic oxidation sites excluding steroid dienone is 2. The first kappa shape index (κ1) is 15.6. The molecule has 0 radical (unpaired) electrons. The summed E-state index contributed by atoms with van der Waals surface area (Å²) in [5.41, 5.74) is 1.72. The Balaban J connectivity index is 2.69. The predicted octanol–water partition coefficient (Wildman–Crippen LogP) is 3.12. The molecule has 1 aliphatic rings. The van der Waals surface area contributed by atoms with Gasteiger partial charge in [-0.3, -0.25) is 4.79 Å². The third-order valence-corrected chi connectivity index (χ3v) is 3.96. The van der Waals surface area contributed by atoms with Gasteiger partial charge in [0.05, 0.1) is 18.6 Å². The number of hydrogen-bond donors (Lipinski definition) is 1. The highest BCUT2D eigenvalue weighted by molar-refractivity contribution is 6.32. The molecule has 0 saturated carbocycles. The third-order valence-electron chi connectivity index (χ3n) is 3.30. The fourth-order valence-electron chi connectivity index (χ4n) is 2.34. The Kier molecular flexibility index (Phi) is 4.70. The van der Waals surface area contributed by atoms with Gasteiger partial charge in [-0.15, -0.1) is 0 Å². The number of esters is 1. The quantitative estimate of drug-likeness (QED) is 0.527. The first-order valence-corrected chi connectivity index (χ1v) is 6.92. The maximum absolute atomic E-state index is 12.1. The smallest absolute Gasteiger partial charge is 0.336 e. The molecule has 0 aromatic heterocycles. The summed E-state index contributed by atoms with van der Waals surface area (Å²) in [4.78, 5) is 23.5. The lowest BCUT2D eigenvalue weighted by Gasteiger charge is -2.28. The molecule has 0 bridgehead atoms. The van der Waals surface area contributed by atoms with Crippen LogP contribution in [0.15, 0.2) is 46.3 Å². The van der Waals surface area contributed by atoms with Gasteiger partial charge in [-0.25, -0.2) is 4.79 Å². The first-order valence-electron chi connectivity index (χ1n) is 6.16. The average Bonchev–Trinajstić information content (AvgIpc) is 2.46. The zero-order chi connectivity index (χ0) is 15.6. The summed E-state index contributed by atoms with van der Waals surface area (Å²) in [6.07, 6.45) is 0.624. The summed E-state index contributed by atoms with van der Waals surface area (Å²) in [6.45, 7) is 1.69. The van der Waals surface area contributed by atoms with E-state index in [0.717, 1.165) is 0 Å². The Morgan fingerprint density at radius 3 is 2.57 bits per heavy atom. The van der Waals surface area contributed by atoms with Gasteiger partial charge in [-0.1, -0.05) is 41.4 Å². The van der Waals surface area contributed by atoms with Crippen LogP contribution in [0.4, 0.5) is 0 Å². The molecule has 1 N–H and O–H groups in total.